The number of nitrogens with zero attached hydrogens (tertiary/aromatic N) is 1. The van der Waals surface area contributed by atoms with E-state index in [1.54, 1.807) is 19.1 Å². The second-order valence-corrected chi connectivity index (χ2v) is 4.50. The van der Waals surface area contributed by atoms with Crippen molar-refractivity contribution in [2.24, 2.45) is 5.10 Å². The molecule has 9 nitrogen and oxygen atoms in total. The fraction of sp³-hybridized carbons (Fsp3) is 0.250. The molecule has 1 rings (SSSR count). The molecule has 0 heterocycles. The van der Waals surface area contributed by atoms with Crippen molar-refractivity contribution in [3.8, 4) is 11.5 Å². The number of carboxylic acids is 1. The minimum atomic E-state index is -1.36. The van der Waals surface area contributed by atoms with Gasteiger partial charge in [-0.25, -0.2) is 5.43 Å². The molecular formula is C16H18N3O6-. The number of benzene rings is 1. The van der Waals surface area contributed by atoms with Crippen LogP contribution in [0.25, 0.3) is 0 Å². The van der Waals surface area contributed by atoms with Crippen LogP contribution in [-0.2, 0) is 14.4 Å². The van der Waals surface area contributed by atoms with Crippen molar-refractivity contribution in [3.63, 3.8) is 0 Å². The third kappa shape index (κ3) is 7.16. The lowest BCUT2D eigenvalue weighted by atomic mass is 10.2. The van der Waals surface area contributed by atoms with Gasteiger partial charge in [0.05, 0.1) is 18.8 Å². The number of hydrogen-bond donors (Lipinski definition) is 2. The van der Waals surface area contributed by atoms with E-state index in [4.69, 9.17) is 9.47 Å². The van der Waals surface area contributed by atoms with E-state index in [2.05, 4.69) is 22.4 Å². The molecule has 1 aromatic carbocycles. The number of carbonyl (C=O) groups is 3. The lowest BCUT2D eigenvalue weighted by Gasteiger charge is -2.12. The van der Waals surface area contributed by atoms with E-state index < -0.39 is 24.4 Å². The molecule has 0 radical (unpaired) electrons. The summed E-state index contributed by atoms with van der Waals surface area (Å²) < 4.78 is 10.4. The number of aliphatic carboxylic acids is 1. The fourth-order valence-electron chi connectivity index (χ4n) is 1.59. The van der Waals surface area contributed by atoms with Gasteiger partial charge in [0.15, 0.2) is 11.5 Å². The first-order valence-electron chi connectivity index (χ1n) is 7.29. The molecule has 9 heteroatoms. The Kier molecular flexibility index (Phi) is 8.21. The molecule has 0 fully saturated rings. The molecule has 2 N–H and O–H groups in total. The Balaban J connectivity index is 2.73. The van der Waals surface area contributed by atoms with Crippen LogP contribution in [0.1, 0.15) is 12.5 Å². The summed E-state index contributed by atoms with van der Waals surface area (Å²) in [6.07, 6.45) is 2.73. The average molecular weight is 348 g/mol. The topological polar surface area (TPSA) is 129 Å². The standard InChI is InChI=1S/C16H19N3O6/c1-3-7-17-15(22)16(23)19-18-9-11-5-6-12(25-10-14(20)21)13(8-11)24-4-2/h3,5-6,8-9H,1,4,7,10H2,2H3,(H,17,22)(H,19,23)(H,20,21)/p-1/b18-9-. The molecule has 0 saturated carbocycles. The largest absolute Gasteiger partial charge is 0.546 e. The zero-order chi connectivity index (χ0) is 18.7. The first-order valence-corrected chi connectivity index (χ1v) is 7.29. The van der Waals surface area contributed by atoms with Gasteiger partial charge in [-0.1, -0.05) is 6.08 Å². The third-order valence-corrected chi connectivity index (χ3v) is 2.61. The first kappa shape index (κ1) is 19.7. The van der Waals surface area contributed by atoms with Crippen LogP contribution in [0.3, 0.4) is 0 Å². The summed E-state index contributed by atoms with van der Waals surface area (Å²) in [6, 6.07) is 4.61. The van der Waals surface area contributed by atoms with Crippen LogP contribution in [-0.4, -0.2) is 43.8 Å². The maximum absolute atomic E-state index is 11.4. The zero-order valence-corrected chi connectivity index (χ0v) is 13.6. The van der Waals surface area contributed by atoms with Crippen molar-refractivity contribution in [3.05, 3.63) is 36.4 Å². The number of ether oxygens (including phenoxy) is 2. The van der Waals surface area contributed by atoms with E-state index in [1.165, 1.54) is 18.4 Å². The predicted molar refractivity (Wildman–Crippen MR) is 87.1 cm³/mol. The summed E-state index contributed by atoms with van der Waals surface area (Å²) in [5.74, 6) is -2.57. The van der Waals surface area contributed by atoms with E-state index in [9.17, 15) is 19.5 Å². The monoisotopic (exact) mass is 348 g/mol. The van der Waals surface area contributed by atoms with Crippen molar-refractivity contribution in [2.45, 2.75) is 6.92 Å². The van der Waals surface area contributed by atoms with Crippen LogP contribution in [0.4, 0.5) is 0 Å². The smallest absolute Gasteiger partial charge is 0.329 e. The summed E-state index contributed by atoms with van der Waals surface area (Å²) in [5.41, 5.74) is 2.61. The number of rotatable bonds is 9. The quantitative estimate of drug-likeness (QED) is 0.254. The van der Waals surface area contributed by atoms with Crippen LogP contribution in [0.2, 0.25) is 0 Å². The highest BCUT2D eigenvalue weighted by molar-refractivity contribution is 6.35. The van der Waals surface area contributed by atoms with Gasteiger partial charge < -0.3 is 24.7 Å². The van der Waals surface area contributed by atoms with Gasteiger partial charge in [0.1, 0.15) is 6.61 Å². The minimum Gasteiger partial charge on any atom is -0.546 e. The molecule has 0 atom stereocenters. The van der Waals surface area contributed by atoms with Crippen LogP contribution in [0.5, 0.6) is 11.5 Å². The van der Waals surface area contributed by atoms with Gasteiger partial charge in [-0.3, -0.25) is 9.59 Å². The SMILES string of the molecule is C=CCNC(=O)C(=O)N/N=C\c1ccc(OCC(=O)[O-])c(OCC)c1. The van der Waals surface area contributed by atoms with Crippen LogP contribution in [0, 0.1) is 0 Å². The molecule has 0 aliphatic carbocycles. The van der Waals surface area contributed by atoms with Crippen molar-refractivity contribution in [1.29, 1.82) is 0 Å². The maximum Gasteiger partial charge on any atom is 0.329 e. The molecule has 0 bridgehead atoms. The van der Waals surface area contributed by atoms with E-state index in [0.29, 0.717) is 17.9 Å². The maximum atomic E-state index is 11.4. The highest BCUT2D eigenvalue weighted by atomic mass is 16.5. The molecule has 2 amide bonds. The molecule has 0 aliphatic heterocycles. The minimum absolute atomic E-state index is 0.168. The average Bonchev–Trinajstić information content (AvgIpc) is 2.58. The van der Waals surface area contributed by atoms with Crippen molar-refractivity contribution in [1.82, 2.24) is 10.7 Å². The summed E-state index contributed by atoms with van der Waals surface area (Å²) in [7, 11) is 0. The van der Waals surface area contributed by atoms with Gasteiger partial charge in [-0.2, -0.15) is 5.10 Å². The van der Waals surface area contributed by atoms with Gasteiger partial charge in [0, 0.05) is 6.54 Å². The van der Waals surface area contributed by atoms with Gasteiger partial charge in [0.2, 0.25) is 0 Å². The summed E-state index contributed by atoms with van der Waals surface area (Å²) in [4.78, 5) is 33.2. The van der Waals surface area contributed by atoms with Gasteiger partial charge in [-0.05, 0) is 30.7 Å². The normalized spacial score (nSPS) is 10.1. The number of hydrogen-bond acceptors (Lipinski definition) is 7. The van der Waals surface area contributed by atoms with Crippen molar-refractivity contribution < 1.29 is 29.0 Å². The molecular weight excluding hydrogens is 330 g/mol. The highest BCUT2D eigenvalue weighted by Gasteiger charge is 2.10. The molecule has 134 valence electrons. The van der Waals surface area contributed by atoms with E-state index in [1.807, 2.05) is 0 Å². The Morgan fingerprint density at radius 1 is 1.24 bits per heavy atom. The van der Waals surface area contributed by atoms with Crippen molar-refractivity contribution in [2.75, 3.05) is 19.8 Å². The lowest BCUT2D eigenvalue weighted by molar-refractivity contribution is -0.307. The Bertz CT molecular complexity index is 672. The second-order valence-electron chi connectivity index (χ2n) is 4.50. The molecule has 25 heavy (non-hydrogen) atoms. The number of carbonyl (C=O) groups excluding carboxylic acids is 3. The molecule has 0 spiro atoms. The molecule has 0 aromatic heterocycles. The van der Waals surface area contributed by atoms with Gasteiger partial charge >= 0.3 is 11.8 Å². The first-order chi connectivity index (χ1) is 12.0. The molecule has 0 aliphatic rings. The number of hydrazone groups is 1. The molecule has 0 unspecified atom stereocenters. The Hall–Kier alpha value is -3.36. The Morgan fingerprint density at radius 2 is 2.00 bits per heavy atom. The highest BCUT2D eigenvalue weighted by Crippen LogP contribution is 2.27. The number of nitrogens with one attached hydrogen (secondary N) is 2. The molecule has 1 aromatic rings. The zero-order valence-electron chi connectivity index (χ0n) is 13.6. The third-order valence-electron chi connectivity index (χ3n) is 2.61. The summed E-state index contributed by atoms with van der Waals surface area (Å²) >= 11 is 0. The summed E-state index contributed by atoms with van der Waals surface area (Å²) in [6.45, 7) is 5.06. The van der Waals surface area contributed by atoms with E-state index in [0.717, 1.165) is 0 Å². The number of carboxylic acid groups (broad SMARTS) is 1. The van der Waals surface area contributed by atoms with Crippen molar-refractivity contribution >= 4 is 24.0 Å². The van der Waals surface area contributed by atoms with Gasteiger partial charge in [0.25, 0.3) is 0 Å². The predicted octanol–water partition coefficient (Wildman–Crippen LogP) is -1.03. The number of amides is 2. The van der Waals surface area contributed by atoms with E-state index >= 15 is 0 Å². The Morgan fingerprint density at radius 3 is 2.64 bits per heavy atom. The van der Waals surface area contributed by atoms with Gasteiger partial charge in [-0.15, -0.1) is 6.58 Å². The van der Waals surface area contributed by atoms with Crippen LogP contribution in [0.15, 0.2) is 36.0 Å². The summed E-state index contributed by atoms with van der Waals surface area (Å²) in [5, 5.41) is 16.4. The van der Waals surface area contributed by atoms with Crippen LogP contribution < -0.4 is 25.3 Å². The fourth-order valence-corrected chi connectivity index (χ4v) is 1.59. The van der Waals surface area contributed by atoms with Crippen LogP contribution >= 0.6 is 0 Å². The van der Waals surface area contributed by atoms with E-state index in [-0.39, 0.29) is 12.3 Å². The lowest BCUT2D eigenvalue weighted by Crippen LogP contribution is -2.37. The second kappa shape index (κ2) is 10.4. The Labute approximate surface area is 144 Å². The molecule has 0 saturated heterocycles.